The first-order valence-corrected chi connectivity index (χ1v) is 9.27. The summed E-state index contributed by atoms with van der Waals surface area (Å²) in [6.07, 6.45) is 3.85. The Balaban J connectivity index is 1.72. The molecule has 1 aromatic carbocycles. The second-order valence-corrected chi connectivity index (χ2v) is 6.88. The van der Waals surface area contributed by atoms with Gasteiger partial charge < -0.3 is 20.3 Å². The smallest absolute Gasteiger partial charge is 0.257 e. The van der Waals surface area contributed by atoms with Gasteiger partial charge in [-0.1, -0.05) is 24.8 Å². The number of ether oxygens (including phenoxy) is 1. The highest BCUT2D eigenvalue weighted by Crippen LogP contribution is 2.32. The van der Waals surface area contributed by atoms with Crippen molar-refractivity contribution in [2.24, 2.45) is 11.7 Å². The maximum atomic E-state index is 13.0. The lowest BCUT2D eigenvalue weighted by Gasteiger charge is -2.47. The quantitative estimate of drug-likeness (QED) is 0.786. The number of para-hydroxylation sites is 1. The maximum Gasteiger partial charge on any atom is 0.257 e. The van der Waals surface area contributed by atoms with Crippen molar-refractivity contribution in [3.05, 3.63) is 42.5 Å². The monoisotopic (exact) mass is 357 g/mol. The third kappa shape index (κ3) is 3.75. The van der Waals surface area contributed by atoms with Gasteiger partial charge in [-0.3, -0.25) is 9.59 Å². The van der Waals surface area contributed by atoms with E-state index < -0.39 is 0 Å². The predicted molar refractivity (Wildman–Crippen MR) is 99.9 cm³/mol. The molecule has 3 rings (SSSR count). The van der Waals surface area contributed by atoms with Crippen LogP contribution in [0.1, 0.15) is 29.6 Å². The molecule has 0 bridgehead atoms. The molecule has 2 saturated heterocycles. The zero-order valence-electron chi connectivity index (χ0n) is 15.1. The van der Waals surface area contributed by atoms with Crippen LogP contribution in [0.5, 0.6) is 5.75 Å². The molecule has 2 amide bonds. The number of hydrogen-bond acceptors (Lipinski definition) is 4. The van der Waals surface area contributed by atoms with Crippen LogP contribution in [-0.4, -0.2) is 60.4 Å². The molecule has 2 N–H and O–H groups in total. The Bertz CT molecular complexity index is 676. The molecule has 0 spiro atoms. The summed E-state index contributed by atoms with van der Waals surface area (Å²) < 4.78 is 5.64. The zero-order valence-corrected chi connectivity index (χ0v) is 15.1. The number of nitrogens with two attached hydrogens (primary N) is 1. The summed E-state index contributed by atoms with van der Waals surface area (Å²) in [4.78, 5) is 29.1. The van der Waals surface area contributed by atoms with Crippen LogP contribution in [0.4, 0.5) is 0 Å². The molecule has 26 heavy (non-hydrogen) atoms. The van der Waals surface area contributed by atoms with Gasteiger partial charge in [0.15, 0.2) is 0 Å². The Morgan fingerprint density at radius 1 is 1.35 bits per heavy atom. The minimum atomic E-state index is -0.00890. The summed E-state index contributed by atoms with van der Waals surface area (Å²) in [6.45, 7) is 6.42. The standard InChI is InChI=1S/C20H27N3O3/c1-2-13-26-18-6-4-3-5-16(18)20(25)22-11-9-17-15(14-22)7-8-19(24)23(17)12-10-21/h2-6,15,17H,1,7-14,21H2. The molecule has 0 aromatic heterocycles. The second-order valence-electron chi connectivity index (χ2n) is 6.88. The summed E-state index contributed by atoms with van der Waals surface area (Å²) in [5.41, 5.74) is 6.25. The number of rotatable bonds is 6. The first kappa shape index (κ1) is 18.5. The highest BCUT2D eigenvalue weighted by Gasteiger charge is 2.40. The van der Waals surface area contributed by atoms with Gasteiger partial charge in [0.25, 0.3) is 5.91 Å². The van der Waals surface area contributed by atoms with E-state index in [1.807, 2.05) is 28.0 Å². The first-order chi connectivity index (χ1) is 12.7. The Hall–Kier alpha value is -2.34. The largest absolute Gasteiger partial charge is 0.489 e. The number of benzene rings is 1. The van der Waals surface area contributed by atoms with Crippen molar-refractivity contribution in [1.82, 2.24) is 9.80 Å². The van der Waals surface area contributed by atoms with Gasteiger partial charge in [0.2, 0.25) is 5.91 Å². The van der Waals surface area contributed by atoms with Gasteiger partial charge in [-0.05, 0) is 30.9 Å². The van der Waals surface area contributed by atoms with Crippen molar-refractivity contribution in [3.8, 4) is 5.75 Å². The Kier molecular flexibility index (Phi) is 5.93. The summed E-state index contributed by atoms with van der Waals surface area (Å²) in [5, 5.41) is 0. The van der Waals surface area contributed by atoms with Crippen LogP contribution in [0.2, 0.25) is 0 Å². The van der Waals surface area contributed by atoms with E-state index in [0.29, 0.717) is 56.4 Å². The van der Waals surface area contributed by atoms with Crippen molar-refractivity contribution >= 4 is 11.8 Å². The van der Waals surface area contributed by atoms with Crippen LogP contribution in [0.15, 0.2) is 36.9 Å². The molecule has 1 aromatic rings. The van der Waals surface area contributed by atoms with Gasteiger partial charge >= 0.3 is 0 Å². The Labute approximate surface area is 154 Å². The summed E-state index contributed by atoms with van der Waals surface area (Å²) in [5.74, 6) is 1.09. The number of piperidine rings is 2. The number of fused-ring (bicyclic) bond motifs is 1. The molecule has 2 heterocycles. The molecule has 2 fully saturated rings. The predicted octanol–water partition coefficient (Wildman–Crippen LogP) is 1.66. The third-order valence-electron chi connectivity index (χ3n) is 5.27. The molecule has 2 aliphatic rings. The van der Waals surface area contributed by atoms with E-state index in [2.05, 4.69) is 6.58 Å². The molecule has 0 radical (unpaired) electrons. The van der Waals surface area contributed by atoms with E-state index in [9.17, 15) is 9.59 Å². The van der Waals surface area contributed by atoms with Gasteiger partial charge in [-0.25, -0.2) is 0 Å². The van der Waals surface area contributed by atoms with Gasteiger partial charge in [-0.15, -0.1) is 0 Å². The highest BCUT2D eigenvalue weighted by molar-refractivity contribution is 5.97. The summed E-state index contributed by atoms with van der Waals surface area (Å²) in [7, 11) is 0. The van der Waals surface area contributed by atoms with E-state index in [0.717, 1.165) is 12.8 Å². The number of nitrogens with zero attached hydrogens (tertiary/aromatic N) is 2. The van der Waals surface area contributed by atoms with E-state index in [4.69, 9.17) is 10.5 Å². The molecule has 6 heteroatoms. The number of likely N-dealkylation sites (tertiary alicyclic amines) is 2. The van der Waals surface area contributed by atoms with Crippen LogP contribution in [0, 0.1) is 5.92 Å². The highest BCUT2D eigenvalue weighted by atomic mass is 16.5. The normalized spacial score (nSPS) is 22.7. The number of hydrogen-bond donors (Lipinski definition) is 1. The zero-order chi connectivity index (χ0) is 18.5. The van der Waals surface area contributed by atoms with E-state index in [-0.39, 0.29) is 17.9 Å². The van der Waals surface area contributed by atoms with Crippen LogP contribution in [0.25, 0.3) is 0 Å². The molecule has 0 aliphatic carbocycles. The fourth-order valence-electron chi connectivity index (χ4n) is 4.05. The van der Waals surface area contributed by atoms with Gasteiger partial charge in [0, 0.05) is 38.6 Å². The number of carbonyl (C=O) groups is 2. The van der Waals surface area contributed by atoms with Crippen LogP contribution >= 0.6 is 0 Å². The van der Waals surface area contributed by atoms with Crippen LogP contribution < -0.4 is 10.5 Å². The Morgan fingerprint density at radius 3 is 2.92 bits per heavy atom. The van der Waals surface area contributed by atoms with Crippen molar-refractivity contribution in [2.45, 2.75) is 25.3 Å². The lowest BCUT2D eigenvalue weighted by molar-refractivity contribution is -0.140. The van der Waals surface area contributed by atoms with Gasteiger partial charge in [0.1, 0.15) is 12.4 Å². The maximum absolute atomic E-state index is 13.0. The summed E-state index contributed by atoms with van der Waals surface area (Å²) in [6, 6.07) is 7.53. The molecule has 2 atom stereocenters. The molecule has 6 nitrogen and oxygen atoms in total. The van der Waals surface area contributed by atoms with Crippen molar-refractivity contribution in [1.29, 1.82) is 0 Å². The van der Waals surface area contributed by atoms with Gasteiger partial charge in [-0.2, -0.15) is 0 Å². The van der Waals surface area contributed by atoms with Crippen molar-refractivity contribution < 1.29 is 14.3 Å². The lowest BCUT2D eigenvalue weighted by Crippen LogP contribution is -2.57. The van der Waals surface area contributed by atoms with E-state index in [1.54, 1.807) is 12.1 Å². The van der Waals surface area contributed by atoms with Crippen molar-refractivity contribution in [3.63, 3.8) is 0 Å². The SMILES string of the molecule is C=CCOc1ccccc1C(=O)N1CCC2C(CCC(=O)N2CCN)C1. The number of amides is 2. The Morgan fingerprint density at radius 2 is 2.15 bits per heavy atom. The molecule has 0 saturated carbocycles. The molecule has 2 unspecified atom stereocenters. The minimum absolute atomic E-state index is 0.00890. The fourth-order valence-corrected chi connectivity index (χ4v) is 4.05. The first-order valence-electron chi connectivity index (χ1n) is 9.27. The second kappa shape index (κ2) is 8.36. The third-order valence-corrected chi connectivity index (χ3v) is 5.27. The topological polar surface area (TPSA) is 75.9 Å². The molecule has 140 valence electrons. The average molecular weight is 357 g/mol. The average Bonchev–Trinajstić information content (AvgIpc) is 2.68. The van der Waals surface area contributed by atoms with Crippen LogP contribution in [0.3, 0.4) is 0 Å². The molecule has 2 aliphatic heterocycles. The summed E-state index contributed by atoms with van der Waals surface area (Å²) >= 11 is 0. The molecular weight excluding hydrogens is 330 g/mol. The van der Waals surface area contributed by atoms with Crippen molar-refractivity contribution in [2.75, 3.05) is 32.8 Å². The number of carbonyl (C=O) groups excluding carboxylic acids is 2. The van der Waals surface area contributed by atoms with Gasteiger partial charge in [0.05, 0.1) is 5.56 Å². The molecular formula is C20H27N3O3. The van der Waals surface area contributed by atoms with E-state index in [1.165, 1.54) is 0 Å². The van der Waals surface area contributed by atoms with Crippen LogP contribution in [-0.2, 0) is 4.79 Å². The minimum Gasteiger partial charge on any atom is -0.489 e. The van der Waals surface area contributed by atoms with E-state index >= 15 is 0 Å². The fraction of sp³-hybridized carbons (Fsp3) is 0.500. The lowest BCUT2D eigenvalue weighted by atomic mass is 9.83.